The molecule has 0 atom stereocenters. The summed E-state index contributed by atoms with van der Waals surface area (Å²) in [6.45, 7) is 0.713. The van der Waals surface area contributed by atoms with Crippen molar-refractivity contribution in [2.45, 2.75) is 6.92 Å². The average molecular weight is 403 g/mol. The molecule has 0 spiro atoms. The number of carbonyl (C=O) groups is 3. The van der Waals surface area contributed by atoms with E-state index in [0.29, 0.717) is 22.0 Å². The largest absolute Gasteiger partial charge is 0.495 e. The van der Waals surface area contributed by atoms with E-state index in [1.165, 1.54) is 26.2 Å². The van der Waals surface area contributed by atoms with Gasteiger partial charge in [-0.3, -0.25) is 9.59 Å². The van der Waals surface area contributed by atoms with E-state index < -0.39 is 24.4 Å². The number of hydrogen-bond acceptors (Lipinski definition) is 5. The molecular weight excluding hydrogens is 384 g/mol. The van der Waals surface area contributed by atoms with Crippen LogP contribution in [0.15, 0.2) is 54.2 Å². The fraction of sp³-hybridized carbons (Fsp3) is 0.150. The summed E-state index contributed by atoms with van der Waals surface area (Å²) >= 11 is 5.91. The number of carbonyl (C=O) groups excluding carboxylic acids is 3. The fourth-order valence-electron chi connectivity index (χ4n) is 2.22. The van der Waals surface area contributed by atoms with Crippen LogP contribution in [-0.2, 0) is 19.1 Å². The molecular formula is C20H19ClN2O5. The quantitative estimate of drug-likeness (QED) is 0.548. The summed E-state index contributed by atoms with van der Waals surface area (Å²) in [5, 5.41) is 5.37. The molecule has 0 fully saturated rings. The SMILES string of the molecule is COc1ccc(Cl)cc1NC(=O)COC(=O)C(=Cc1ccccc1)NC(C)=O. The number of nitrogens with one attached hydrogen (secondary N) is 2. The maximum absolute atomic E-state index is 12.3. The lowest BCUT2D eigenvalue weighted by molar-refractivity contribution is -0.144. The first-order valence-corrected chi connectivity index (χ1v) is 8.61. The van der Waals surface area contributed by atoms with Crippen molar-refractivity contribution in [2.75, 3.05) is 19.0 Å². The molecule has 0 heterocycles. The summed E-state index contributed by atoms with van der Waals surface area (Å²) in [6.07, 6.45) is 1.46. The Balaban J connectivity index is 2.04. The molecule has 0 bridgehead atoms. The molecule has 2 aromatic rings. The monoisotopic (exact) mass is 402 g/mol. The van der Waals surface area contributed by atoms with Crippen LogP contribution in [0.25, 0.3) is 6.08 Å². The van der Waals surface area contributed by atoms with E-state index in [2.05, 4.69) is 10.6 Å². The van der Waals surface area contributed by atoms with Crippen LogP contribution >= 0.6 is 11.6 Å². The second-order valence-electron chi connectivity index (χ2n) is 5.62. The minimum atomic E-state index is -0.840. The molecule has 0 aromatic heterocycles. The highest BCUT2D eigenvalue weighted by atomic mass is 35.5. The molecule has 2 amide bonds. The Morgan fingerprint density at radius 1 is 1.11 bits per heavy atom. The molecule has 2 aromatic carbocycles. The van der Waals surface area contributed by atoms with Crippen LogP contribution in [0, 0.1) is 0 Å². The predicted molar refractivity (Wildman–Crippen MR) is 106 cm³/mol. The highest BCUT2D eigenvalue weighted by Gasteiger charge is 2.16. The predicted octanol–water partition coefficient (Wildman–Crippen LogP) is 3.01. The van der Waals surface area contributed by atoms with Crippen molar-refractivity contribution in [1.82, 2.24) is 5.32 Å². The third-order valence-electron chi connectivity index (χ3n) is 3.41. The molecule has 0 saturated carbocycles. The van der Waals surface area contributed by atoms with E-state index in [1.807, 2.05) is 6.07 Å². The van der Waals surface area contributed by atoms with Gasteiger partial charge < -0.3 is 20.1 Å². The van der Waals surface area contributed by atoms with E-state index in [9.17, 15) is 14.4 Å². The number of amides is 2. The molecule has 28 heavy (non-hydrogen) atoms. The second-order valence-corrected chi connectivity index (χ2v) is 6.06. The lowest BCUT2D eigenvalue weighted by Gasteiger charge is -2.12. The highest BCUT2D eigenvalue weighted by molar-refractivity contribution is 6.31. The van der Waals surface area contributed by atoms with E-state index in [4.69, 9.17) is 21.1 Å². The van der Waals surface area contributed by atoms with Crippen molar-refractivity contribution in [2.24, 2.45) is 0 Å². The smallest absolute Gasteiger partial charge is 0.355 e. The van der Waals surface area contributed by atoms with Gasteiger partial charge in [0.15, 0.2) is 6.61 Å². The van der Waals surface area contributed by atoms with Crippen LogP contribution in [0.3, 0.4) is 0 Å². The van der Waals surface area contributed by atoms with Gasteiger partial charge >= 0.3 is 5.97 Å². The fourth-order valence-corrected chi connectivity index (χ4v) is 2.40. The number of ether oxygens (including phenoxy) is 2. The third kappa shape index (κ3) is 6.44. The van der Waals surface area contributed by atoms with Crippen LogP contribution < -0.4 is 15.4 Å². The highest BCUT2D eigenvalue weighted by Crippen LogP contribution is 2.27. The Labute approximate surface area is 167 Å². The number of methoxy groups -OCH3 is 1. The molecule has 146 valence electrons. The molecule has 8 heteroatoms. The zero-order valence-electron chi connectivity index (χ0n) is 15.3. The molecule has 2 N–H and O–H groups in total. The summed E-state index contributed by atoms with van der Waals surface area (Å²) in [7, 11) is 1.45. The van der Waals surface area contributed by atoms with Crippen molar-refractivity contribution in [3.05, 3.63) is 64.8 Å². The molecule has 0 unspecified atom stereocenters. The van der Waals surface area contributed by atoms with Gasteiger partial charge in [0, 0.05) is 11.9 Å². The van der Waals surface area contributed by atoms with Crippen LogP contribution in [0.5, 0.6) is 5.75 Å². The standard InChI is InChI=1S/C20H19ClN2O5/c1-13(24)22-17(10-14-6-4-3-5-7-14)20(26)28-12-19(25)23-16-11-15(21)8-9-18(16)27-2/h3-11H,12H2,1-2H3,(H,22,24)(H,23,25). The summed E-state index contributed by atoms with van der Waals surface area (Å²) in [5.74, 6) is -1.46. The number of esters is 1. The zero-order valence-corrected chi connectivity index (χ0v) is 16.1. The Hall–Kier alpha value is -3.32. The van der Waals surface area contributed by atoms with Gasteiger partial charge in [0.25, 0.3) is 5.91 Å². The number of hydrogen-bond donors (Lipinski definition) is 2. The summed E-state index contributed by atoms with van der Waals surface area (Å²) in [5.41, 5.74) is 0.959. The topological polar surface area (TPSA) is 93.7 Å². The minimum Gasteiger partial charge on any atom is -0.495 e. The first kappa shape index (κ1) is 21.0. The molecule has 0 aliphatic heterocycles. The van der Waals surface area contributed by atoms with Gasteiger partial charge in [0.1, 0.15) is 11.4 Å². The van der Waals surface area contributed by atoms with Gasteiger partial charge in [-0.05, 0) is 29.8 Å². The molecule has 0 radical (unpaired) electrons. The number of anilines is 1. The average Bonchev–Trinajstić information content (AvgIpc) is 2.66. The summed E-state index contributed by atoms with van der Waals surface area (Å²) in [4.78, 5) is 35.8. The van der Waals surface area contributed by atoms with E-state index in [-0.39, 0.29) is 5.70 Å². The minimum absolute atomic E-state index is 0.0770. The molecule has 0 aliphatic rings. The number of rotatable bonds is 7. The Kier molecular flexibility index (Phi) is 7.59. The molecule has 2 rings (SSSR count). The Morgan fingerprint density at radius 2 is 1.82 bits per heavy atom. The number of halogens is 1. The summed E-state index contributed by atoms with van der Waals surface area (Å²) in [6, 6.07) is 13.6. The van der Waals surface area contributed by atoms with E-state index >= 15 is 0 Å². The normalized spacial score (nSPS) is 10.8. The van der Waals surface area contributed by atoms with Gasteiger partial charge in [-0.25, -0.2) is 4.79 Å². The maximum Gasteiger partial charge on any atom is 0.355 e. The van der Waals surface area contributed by atoms with Crippen molar-refractivity contribution >= 4 is 41.1 Å². The zero-order chi connectivity index (χ0) is 20.5. The third-order valence-corrected chi connectivity index (χ3v) is 3.65. The van der Waals surface area contributed by atoms with Gasteiger partial charge in [-0.2, -0.15) is 0 Å². The molecule has 0 saturated heterocycles. The lowest BCUT2D eigenvalue weighted by Crippen LogP contribution is -2.29. The van der Waals surface area contributed by atoms with Crippen LogP contribution in [0.1, 0.15) is 12.5 Å². The Bertz CT molecular complexity index is 897. The van der Waals surface area contributed by atoms with Gasteiger partial charge in [0.05, 0.1) is 12.8 Å². The van der Waals surface area contributed by atoms with Crippen molar-refractivity contribution in [3.8, 4) is 5.75 Å². The lowest BCUT2D eigenvalue weighted by atomic mass is 10.2. The first-order chi connectivity index (χ1) is 13.4. The maximum atomic E-state index is 12.3. The summed E-state index contributed by atoms with van der Waals surface area (Å²) < 4.78 is 10.1. The van der Waals surface area contributed by atoms with Gasteiger partial charge in [0.2, 0.25) is 5.91 Å². The van der Waals surface area contributed by atoms with Gasteiger partial charge in [-0.15, -0.1) is 0 Å². The van der Waals surface area contributed by atoms with E-state index in [1.54, 1.807) is 36.4 Å². The van der Waals surface area contributed by atoms with E-state index in [0.717, 1.165) is 0 Å². The van der Waals surface area contributed by atoms with Crippen LogP contribution in [0.4, 0.5) is 5.69 Å². The first-order valence-electron chi connectivity index (χ1n) is 8.24. The van der Waals surface area contributed by atoms with Crippen molar-refractivity contribution in [1.29, 1.82) is 0 Å². The number of benzene rings is 2. The molecule has 0 aliphatic carbocycles. The van der Waals surface area contributed by atoms with Crippen LogP contribution in [-0.4, -0.2) is 31.5 Å². The second kappa shape index (κ2) is 10.1. The Morgan fingerprint density at radius 3 is 2.46 bits per heavy atom. The van der Waals surface area contributed by atoms with Crippen LogP contribution in [0.2, 0.25) is 5.02 Å². The van der Waals surface area contributed by atoms with Crippen molar-refractivity contribution < 1.29 is 23.9 Å². The van der Waals surface area contributed by atoms with Crippen molar-refractivity contribution in [3.63, 3.8) is 0 Å². The molecule has 7 nitrogen and oxygen atoms in total. The van der Waals surface area contributed by atoms with Gasteiger partial charge in [-0.1, -0.05) is 41.9 Å².